The third-order valence-corrected chi connectivity index (χ3v) is 9.16. The molecular weight excluding hydrogens is 583 g/mol. The highest BCUT2D eigenvalue weighted by atomic mass is 35.5. The van der Waals surface area contributed by atoms with Crippen molar-refractivity contribution in [2.24, 2.45) is 5.41 Å². The number of fused-ring (bicyclic) bond motifs is 2. The maximum absolute atomic E-state index is 14.1. The first kappa shape index (κ1) is 27.6. The Labute approximate surface area is 259 Å². The summed E-state index contributed by atoms with van der Waals surface area (Å²) in [6, 6.07) is 19.5. The second-order valence-electron chi connectivity index (χ2n) is 11.9. The Morgan fingerprint density at radius 3 is 2.51 bits per heavy atom. The predicted octanol–water partition coefficient (Wildman–Crippen LogP) is 8.55. The average Bonchev–Trinajstić information content (AvgIpc) is 3.58. The number of carbonyl (C=O) groups excluding carboxylic acids is 1. The molecule has 3 heterocycles. The van der Waals surface area contributed by atoms with Gasteiger partial charge in [0.15, 0.2) is 17.3 Å². The number of allylic oxidation sites excluding steroid dienone is 2. The van der Waals surface area contributed by atoms with E-state index in [9.17, 15) is 4.79 Å². The molecule has 0 amide bonds. The summed E-state index contributed by atoms with van der Waals surface area (Å²) in [5, 5.41) is 10.8. The molecule has 0 radical (unpaired) electrons. The molecule has 2 N–H and O–H groups in total. The molecule has 1 atom stereocenters. The van der Waals surface area contributed by atoms with E-state index in [1.54, 1.807) is 20.3 Å². The Hall–Kier alpha value is -4.20. The zero-order valence-corrected chi connectivity index (χ0v) is 25.7. The van der Waals surface area contributed by atoms with Crippen molar-refractivity contribution in [1.29, 1.82) is 0 Å². The van der Waals surface area contributed by atoms with Crippen molar-refractivity contribution in [3.05, 3.63) is 99.3 Å². The lowest BCUT2D eigenvalue weighted by molar-refractivity contribution is -0.118. The molecular formula is C34H30Cl2N4O3. The number of hydrogen-bond acceptors (Lipinski definition) is 5. The van der Waals surface area contributed by atoms with E-state index < -0.39 is 5.92 Å². The standard InChI is InChI=1S/C34H30Cl2N4O3/c1-34(2)15-25-30(26(41)16-34)29(18-9-12-27(42-3)28(13-18)43-4)31-32(21-17-37-24-8-6-5-7-20(21)24)39-40(33(31)38-25)19-10-11-22(35)23(36)14-19/h5-14,17,29,37-38H,15-16H2,1-4H3. The minimum absolute atomic E-state index is 0.122. The number of para-hydroxylation sites is 1. The smallest absolute Gasteiger partial charge is 0.162 e. The highest BCUT2D eigenvalue weighted by molar-refractivity contribution is 6.42. The SMILES string of the molecule is COc1ccc(C2C3=C(CC(C)(C)CC3=O)Nc3c2c(-c2c[nH]c4ccccc24)nn3-c2ccc(Cl)c(Cl)c2)cc1OC. The van der Waals surface area contributed by atoms with E-state index >= 15 is 0 Å². The number of anilines is 1. The molecule has 0 fully saturated rings. The van der Waals surface area contributed by atoms with Gasteiger partial charge in [0.2, 0.25) is 0 Å². The predicted molar refractivity (Wildman–Crippen MR) is 171 cm³/mol. The van der Waals surface area contributed by atoms with E-state index in [4.69, 9.17) is 37.8 Å². The van der Waals surface area contributed by atoms with Crippen molar-refractivity contribution in [3.8, 4) is 28.4 Å². The normalized spacial score (nSPS) is 17.4. The third kappa shape index (κ3) is 4.50. The fourth-order valence-electron chi connectivity index (χ4n) is 6.53. The summed E-state index contributed by atoms with van der Waals surface area (Å²) in [5.41, 5.74) is 6.72. The quantitative estimate of drug-likeness (QED) is 0.208. The Kier molecular flexibility index (Phi) is 6.56. The van der Waals surface area contributed by atoms with Crippen LogP contribution >= 0.6 is 23.2 Å². The molecule has 7 nitrogen and oxygen atoms in total. The monoisotopic (exact) mass is 612 g/mol. The van der Waals surface area contributed by atoms with Crippen LogP contribution in [-0.2, 0) is 4.79 Å². The first-order chi connectivity index (χ1) is 20.7. The Morgan fingerprint density at radius 1 is 0.953 bits per heavy atom. The maximum atomic E-state index is 14.1. The van der Waals surface area contributed by atoms with Crippen LogP contribution in [0.2, 0.25) is 10.0 Å². The number of carbonyl (C=O) groups is 1. The van der Waals surface area contributed by atoms with E-state index in [0.717, 1.165) is 56.1 Å². The molecule has 1 aliphatic heterocycles. The highest BCUT2D eigenvalue weighted by Crippen LogP contribution is 2.53. The van der Waals surface area contributed by atoms with Gasteiger partial charge in [0.05, 0.1) is 30.0 Å². The lowest BCUT2D eigenvalue weighted by atomic mass is 9.69. The summed E-state index contributed by atoms with van der Waals surface area (Å²) in [6.45, 7) is 4.26. The van der Waals surface area contributed by atoms with Gasteiger partial charge in [0, 0.05) is 51.8 Å². The van der Waals surface area contributed by atoms with Crippen LogP contribution in [0.15, 0.2) is 78.1 Å². The Bertz CT molecular complexity index is 1970. The number of aromatic nitrogens is 3. The van der Waals surface area contributed by atoms with Crippen LogP contribution in [-0.4, -0.2) is 34.8 Å². The highest BCUT2D eigenvalue weighted by Gasteiger charge is 2.44. The summed E-state index contributed by atoms with van der Waals surface area (Å²) < 4.78 is 13.1. The number of ether oxygens (including phenoxy) is 2. The van der Waals surface area contributed by atoms with E-state index in [1.807, 2.05) is 59.4 Å². The lowest BCUT2D eigenvalue weighted by Gasteiger charge is -2.39. The number of benzene rings is 3. The number of nitrogens with one attached hydrogen (secondary N) is 2. The van der Waals surface area contributed by atoms with Gasteiger partial charge >= 0.3 is 0 Å². The van der Waals surface area contributed by atoms with Gasteiger partial charge in [-0.25, -0.2) is 4.68 Å². The second kappa shape index (κ2) is 10.2. The molecule has 1 unspecified atom stereocenters. The third-order valence-electron chi connectivity index (χ3n) is 8.42. The maximum Gasteiger partial charge on any atom is 0.162 e. The number of rotatable bonds is 5. The van der Waals surface area contributed by atoms with Crippen LogP contribution in [0.4, 0.5) is 5.82 Å². The lowest BCUT2D eigenvalue weighted by Crippen LogP contribution is -2.34. The number of hydrogen-bond donors (Lipinski definition) is 2. The summed E-state index contributed by atoms with van der Waals surface area (Å²) in [6.07, 6.45) is 3.15. The molecule has 9 heteroatoms. The van der Waals surface area contributed by atoms with Gasteiger partial charge in [-0.1, -0.05) is 61.3 Å². The fourth-order valence-corrected chi connectivity index (χ4v) is 6.82. The molecule has 5 aromatic rings. The molecule has 0 bridgehead atoms. The number of methoxy groups -OCH3 is 2. The molecule has 1 aliphatic carbocycles. The number of aromatic amines is 1. The summed E-state index contributed by atoms with van der Waals surface area (Å²) in [4.78, 5) is 17.5. The number of H-pyrrole nitrogens is 1. The molecule has 2 aromatic heterocycles. The van der Waals surface area contributed by atoms with Crippen LogP contribution in [0.3, 0.4) is 0 Å². The minimum Gasteiger partial charge on any atom is -0.493 e. The zero-order valence-electron chi connectivity index (χ0n) is 24.2. The van der Waals surface area contributed by atoms with Crippen molar-refractivity contribution in [2.45, 2.75) is 32.6 Å². The van der Waals surface area contributed by atoms with Gasteiger partial charge in [0.1, 0.15) is 11.5 Å². The van der Waals surface area contributed by atoms with Crippen LogP contribution in [0.1, 0.15) is 43.7 Å². The van der Waals surface area contributed by atoms with E-state index in [2.05, 4.69) is 30.2 Å². The number of Topliss-reactive ketones (excluding diaryl/α,β-unsaturated/α-hetero) is 1. The van der Waals surface area contributed by atoms with Crippen LogP contribution in [0.25, 0.3) is 27.8 Å². The van der Waals surface area contributed by atoms with Gasteiger partial charge in [0.25, 0.3) is 0 Å². The molecule has 218 valence electrons. The fraction of sp³-hybridized carbons (Fsp3) is 0.235. The molecule has 3 aromatic carbocycles. The van der Waals surface area contributed by atoms with Gasteiger partial charge in [-0.3, -0.25) is 4.79 Å². The average molecular weight is 614 g/mol. The molecule has 0 saturated heterocycles. The van der Waals surface area contributed by atoms with Crippen LogP contribution in [0, 0.1) is 5.41 Å². The topological polar surface area (TPSA) is 81.2 Å². The van der Waals surface area contributed by atoms with Gasteiger partial charge in [-0.15, -0.1) is 0 Å². The summed E-state index contributed by atoms with van der Waals surface area (Å²) in [7, 11) is 3.23. The van der Waals surface area contributed by atoms with Crippen molar-refractivity contribution >= 4 is 45.7 Å². The van der Waals surface area contributed by atoms with Gasteiger partial charge in [-0.05, 0) is 53.8 Å². The van der Waals surface area contributed by atoms with Crippen molar-refractivity contribution in [1.82, 2.24) is 14.8 Å². The molecule has 0 spiro atoms. The zero-order chi connectivity index (χ0) is 30.0. The second-order valence-corrected chi connectivity index (χ2v) is 12.7. The van der Waals surface area contributed by atoms with Crippen LogP contribution < -0.4 is 14.8 Å². The first-order valence-corrected chi connectivity index (χ1v) is 14.8. The largest absolute Gasteiger partial charge is 0.493 e. The first-order valence-electron chi connectivity index (χ1n) is 14.1. The molecule has 7 rings (SSSR count). The number of nitrogens with zero attached hydrogens (tertiary/aromatic N) is 2. The molecule has 43 heavy (non-hydrogen) atoms. The van der Waals surface area contributed by atoms with Crippen molar-refractivity contribution in [3.63, 3.8) is 0 Å². The summed E-state index contributed by atoms with van der Waals surface area (Å²) in [5.74, 6) is 1.71. The molecule has 0 saturated carbocycles. The van der Waals surface area contributed by atoms with Gasteiger partial charge < -0.3 is 19.8 Å². The van der Waals surface area contributed by atoms with Crippen molar-refractivity contribution in [2.75, 3.05) is 19.5 Å². The van der Waals surface area contributed by atoms with E-state index in [0.29, 0.717) is 34.4 Å². The molecule has 2 aliphatic rings. The van der Waals surface area contributed by atoms with E-state index in [-0.39, 0.29) is 11.2 Å². The Balaban J connectivity index is 1.56. The van der Waals surface area contributed by atoms with Crippen LogP contribution in [0.5, 0.6) is 11.5 Å². The number of halogens is 2. The number of ketones is 1. The minimum atomic E-state index is -0.408. The van der Waals surface area contributed by atoms with E-state index in [1.165, 1.54) is 0 Å². The Morgan fingerprint density at radius 2 is 1.74 bits per heavy atom. The summed E-state index contributed by atoms with van der Waals surface area (Å²) >= 11 is 12.8. The van der Waals surface area contributed by atoms with Crippen molar-refractivity contribution < 1.29 is 14.3 Å². The van der Waals surface area contributed by atoms with Gasteiger partial charge in [-0.2, -0.15) is 5.10 Å².